The first kappa shape index (κ1) is 12.5. The van der Waals surface area contributed by atoms with Gasteiger partial charge >= 0.3 is 5.97 Å². The molecule has 0 radical (unpaired) electrons. The Balaban J connectivity index is 3.40. The first-order chi connectivity index (χ1) is 8.12. The molecule has 0 fully saturated rings. The van der Waals surface area contributed by atoms with Crippen LogP contribution in [0.3, 0.4) is 0 Å². The SMILES string of the molecule is COc1cc(C#N)cc(C=O)c1/C=C/C(=O)O. The van der Waals surface area contributed by atoms with Crippen molar-refractivity contribution in [3.63, 3.8) is 0 Å². The van der Waals surface area contributed by atoms with Gasteiger partial charge in [-0.2, -0.15) is 5.26 Å². The van der Waals surface area contributed by atoms with Gasteiger partial charge < -0.3 is 9.84 Å². The minimum Gasteiger partial charge on any atom is -0.496 e. The Morgan fingerprint density at radius 3 is 2.71 bits per heavy atom. The molecule has 0 saturated heterocycles. The zero-order valence-electron chi connectivity index (χ0n) is 9.01. The van der Waals surface area contributed by atoms with Crippen molar-refractivity contribution < 1.29 is 19.4 Å². The third-order valence-corrected chi connectivity index (χ3v) is 2.04. The number of benzene rings is 1. The number of aliphatic carboxylic acids is 1. The molecule has 0 aliphatic carbocycles. The molecule has 1 aromatic rings. The van der Waals surface area contributed by atoms with Crippen LogP contribution in [0.5, 0.6) is 5.75 Å². The van der Waals surface area contributed by atoms with Crippen molar-refractivity contribution >= 4 is 18.3 Å². The van der Waals surface area contributed by atoms with Crippen LogP contribution in [0.1, 0.15) is 21.5 Å². The zero-order valence-corrected chi connectivity index (χ0v) is 9.01. The standard InChI is InChI=1S/C12H9NO4/c1-17-11-5-8(6-13)4-9(7-14)10(11)2-3-12(15)16/h2-5,7H,1H3,(H,15,16)/b3-2+. The van der Waals surface area contributed by atoms with Crippen LogP contribution in [-0.2, 0) is 4.79 Å². The van der Waals surface area contributed by atoms with Gasteiger partial charge in [-0.15, -0.1) is 0 Å². The van der Waals surface area contributed by atoms with Crippen molar-refractivity contribution in [2.45, 2.75) is 0 Å². The molecule has 1 rings (SSSR count). The predicted octanol–water partition coefficient (Wildman–Crippen LogP) is 1.48. The van der Waals surface area contributed by atoms with Crippen LogP contribution in [0.4, 0.5) is 0 Å². The maximum absolute atomic E-state index is 10.9. The van der Waals surface area contributed by atoms with Gasteiger partial charge in [0, 0.05) is 17.2 Å². The maximum atomic E-state index is 10.9. The van der Waals surface area contributed by atoms with E-state index in [9.17, 15) is 9.59 Å². The van der Waals surface area contributed by atoms with Crippen LogP contribution in [0.25, 0.3) is 6.08 Å². The average molecular weight is 231 g/mol. The number of hydrogen-bond donors (Lipinski definition) is 1. The summed E-state index contributed by atoms with van der Waals surface area (Å²) in [6.45, 7) is 0. The summed E-state index contributed by atoms with van der Waals surface area (Å²) in [5, 5.41) is 17.3. The fourth-order valence-electron chi connectivity index (χ4n) is 1.31. The summed E-state index contributed by atoms with van der Waals surface area (Å²) in [5.74, 6) is -0.850. The molecule has 0 aromatic heterocycles. The monoisotopic (exact) mass is 231 g/mol. The highest BCUT2D eigenvalue weighted by Crippen LogP contribution is 2.25. The van der Waals surface area contributed by atoms with E-state index < -0.39 is 5.97 Å². The number of carbonyl (C=O) groups is 2. The molecular weight excluding hydrogens is 222 g/mol. The second-order valence-corrected chi connectivity index (χ2v) is 3.08. The highest BCUT2D eigenvalue weighted by atomic mass is 16.5. The number of carbonyl (C=O) groups excluding carboxylic acids is 1. The molecule has 0 aliphatic heterocycles. The van der Waals surface area contributed by atoms with E-state index in [1.54, 1.807) is 0 Å². The van der Waals surface area contributed by atoms with Crippen molar-refractivity contribution in [3.8, 4) is 11.8 Å². The van der Waals surface area contributed by atoms with Crippen molar-refractivity contribution in [1.82, 2.24) is 0 Å². The number of carboxylic acids is 1. The van der Waals surface area contributed by atoms with Gasteiger partial charge in [0.1, 0.15) is 5.75 Å². The minimum absolute atomic E-state index is 0.207. The number of ether oxygens (including phenoxy) is 1. The van der Waals surface area contributed by atoms with Crippen LogP contribution in [-0.4, -0.2) is 24.5 Å². The molecule has 0 bridgehead atoms. The van der Waals surface area contributed by atoms with Crippen molar-refractivity contribution in [2.75, 3.05) is 7.11 Å². The molecule has 86 valence electrons. The number of hydrogen-bond acceptors (Lipinski definition) is 4. The molecule has 0 amide bonds. The van der Waals surface area contributed by atoms with Crippen LogP contribution in [0.2, 0.25) is 0 Å². The molecule has 0 aliphatic rings. The first-order valence-corrected chi connectivity index (χ1v) is 4.60. The number of nitrogens with zero attached hydrogens (tertiary/aromatic N) is 1. The Kier molecular flexibility index (Phi) is 4.01. The lowest BCUT2D eigenvalue weighted by atomic mass is 10.0. The summed E-state index contributed by atoms with van der Waals surface area (Å²) in [7, 11) is 1.38. The minimum atomic E-state index is -1.13. The lowest BCUT2D eigenvalue weighted by Crippen LogP contribution is -1.96. The molecule has 0 spiro atoms. The second kappa shape index (κ2) is 5.47. The summed E-state index contributed by atoms with van der Waals surface area (Å²) < 4.78 is 5.01. The van der Waals surface area contributed by atoms with E-state index in [1.165, 1.54) is 25.3 Å². The fourth-order valence-corrected chi connectivity index (χ4v) is 1.31. The normalized spacial score (nSPS) is 9.88. The van der Waals surface area contributed by atoms with Gasteiger partial charge in [0.15, 0.2) is 6.29 Å². The van der Waals surface area contributed by atoms with Crippen LogP contribution >= 0.6 is 0 Å². The van der Waals surface area contributed by atoms with Crippen LogP contribution < -0.4 is 4.74 Å². The van der Waals surface area contributed by atoms with Gasteiger partial charge in [-0.1, -0.05) is 0 Å². The molecular formula is C12H9NO4. The Hall–Kier alpha value is -2.61. The lowest BCUT2D eigenvalue weighted by molar-refractivity contribution is -0.131. The maximum Gasteiger partial charge on any atom is 0.328 e. The smallest absolute Gasteiger partial charge is 0.328 e. The summed E-state index contributed by atoms with van der Waals surface area (Å²) in [5.41, 5.74) is 0.818. The summed E-state index contributed by atoms with van der Waals surface area (Å²) in [6.07, 6.45) is 2.70. The summed E-state index contributed by atoms with van der Waals surface area (Å²) in [4.78, 5) is 21.3. The molecule has 5 heteroatoms. The number of rotatable bonds is 4. The molecule has 0 unspecified atom stereocenters. The molecule has 0 saturated carbocycles. The largest absolute Gasteiger partial charge is 0.496 e. The lowest BCUT2D eigenvalue weighted by Gasteiger charge is -2.07. The topological polar surface area (TPSA) is 87.4 Å². The van der Waals surface area contributed by atoms with Crippen LogP contribution in [0, 0.1) is 11.3 Å². The Morgan fingerprint density at radius 2 is 2.24 bits per heavy atom. The average Bonchev–Trinajstić information content (AvgIpc) is 2.34. The Morgan fingerprint density at radius 1 is 1.53 bits per heavy atom. The second-order valence-electron chi connectivity index (χ2n) is 3.08. The number of aldehydes is 1. The van der Waals surface area contributed by atoms with E-state index >= 15 is 0 Å². The number of nitriles is 1. The summed E-state index contributed by atoms with van der Waals surface area (Å²) >= 11 is 0. The van der Waals surface area contributed by atoms with Crippen molar-refractivity contribution in [3.05, 3.63) is 34.9 Å². The van der Waals surface area contributed by atoms with Gasteiger partial charge in [0.25, 0.3) is 0 Å². The molecule has 0 atom stereocenters. The fraction of sp³-hybridized carbons (Fsp3) is 0.0833. The number of methoxy groups -OCH3 is 1. The Bertz CT molecular complexity index is 526. The van der Waals surface area contributed by atoms with Gasteiger partial charge in [-0.05, 0) is 18.2 Å². The molecule has 0 heterocycles. The van der Waals surface area contributed by atoms with E-state index in [0.29, 0.717) is 11.8 Å². The van der Waals surface area contributed by atoms with E-state index in [1.807, 2.05) is 6.07 Å². The predicted molar refractivity (Wildman–Crippen MR) is 59.8 cm³/mol. The highest BCUT2D eigenvalue weighted by Gasteiger charge is 2.09. The first-order valence-electron chi connectivity index (χ1n) is 4.60. The van der Waals surface area contributed by atoms with Gasteiger partial charge in [0.2, 0.25) is 0 Å². The van der Waals surface area contributed by atoms with Gasteiger partial charge in [-0.3, -0.25) is 4.79 Å². The molecule has 5 nitrogen and oxygen atoms in total. The number of carboxylic acid groups (broad SMARTS) is 1. The highest BCUT2D eigenvalue weighted by molar-refractivity contribution is 5.90. The third kappa shape index (κ3) is 2.92. The van der Waals surface area contributed by atoms with Crippen molar-refractivity contribution in [1.29, 1.82) is 5.26 Å². The molecule has 1 N–H and O–H groups in total. The van der Waals surface area contributed by atoms with Gasteiger partial charge in [0.05, 0.1) is 18.7 Å². The van der Waals surface area contributed by atoms with E-state index in [4.69, 9.17) is 15.1 Å². The Labute approximate surface area is 97.6 Å². The van der Waals surface area contributed by atoms with E-state index in [-0.39, 0.29) is 16.9 Å². The van der Waals surface area contributed by atoms with E-state index in [0.717, 1.165) is 6.08 Å². The quantitative estimate of drug-likeness (QED) is 0.626. The molecule has 17 heavy (non-hydrogen) atoms. The summed E-state index contributed by atoms with van der Waals surface area (Å²) in [6, 6.07) is 4.70. The van der Waals surface area contributed by atoms with Gasteiger partial charge in [-0.25, -0.2) is 4.79 Å². The van der Waals surface area contributed by atoms with Crippen LogP contribution in [0.15, 0.2) is 18.2 Å². The van der Waals surface area contributed by atoms with Crippen molar-refractivity contribution in [2.24, 2.45) is 0 Å². The molecule has 1 aromatic carbocycles. The zero-order chi connectivity index (χ0) is 12.8. The van der Waals surface area contributed by atoms with E-state index in [2.05, 4.69) is 0 Å². The third-order valence-electron chi connectivity index (χ3n) is 2.04.